The van der Waals surface area contributed by atoms with Gasteiger partial charge in [0.15, 0.2) is 5.78 Å². The first-order valence-corrected chi connectivity index (χ1v) is 6.19. The van der Waals surface area contributed by atoms with Gasteiger partial charge in [-0.15, -0.1) is 0 Å². The van der Waals surface area contributed by atoms with Crippen LogP contribution in [-0.2, 0) is 0 Å². The molecule has 2 nitrogen and oxygen atoms in total. The minimum absolute atomic E-state index is 0.0438. The molecule has 0 bridgehead atoms. The second-order valence-electron chi connectivity index (χ2n) is 4.21. The van der Waals surface area contributed by atoms with Crippen molar-refractivity contribution in [2.24, 2.45) is 0 Å². The number of fused-ring (bicyclic) bond motifs is 1. The number of thioether (sulfide) groups is 1. The lowest BCUT2D eigenvalue weighted by atomic mass is 9.89. The molecule has 0 fully saturated rings. The quantitative estimate of drug-likeness (QED) is 0.785. The van der Waals surface area contributed by atoms with Crippen LogP contribution in [0.25, 0.3) is 0 Å². The lowest BCUT2D eigenvalue weighted by Crippen LogP contribution is -2.21. The number of allylic oxidation sites excluding steroid dienone is 2. The molecule has 0 saturated carbocycles. The van der Waals surface area contributed by atoms with Crippen LogP contribution in [0.1, 0.15) is 33.2 Å². The van der Waals surface area contributed by atoms with Gasteiger partial charge in [0.25, 0.3) is 0 Å². The van der Waals surface area contributed by atoms with E-state index < -0.39 is 33.7 Å². The van der Waals surface area contributed by atoms with Crippen molar-refractivity contribution in [3.63, 3.8) is 0 Å². The molecule has 0 N–H and O–H groups in total. The number of ketones is 2. The van der Waals surface area contributed by atoms with E-state index in [4.69, 9.17) is 0 Å². The Balaban J connectivity index is 2.56. The van der Waals surface area contributed by atoms with Gasteiger partial charge in [-0.05, 0) is 31.7 Å². The van der Waals surface area contributed by atoms with Gasteiger partial charge in [0.05, 0.1) is 4.91 Å². The number of Topliss-reactive ketones (excluding diaryl/α,β-unsaturated/α-hetero) is 2. The van der Waals surface area contributed by atoms with Gasteiger partial charge in [0.1, 0.15) is 0 Å². The molecule has 0 spiro atoms. The molecule has 1 aromatic carbocycles. The number of carbonyl (C=O) groups excluding carboxylic acids is 2. The molecule has 0 unspecified atom stereocenters. The lowest BCUT2D eigenvalue weighted by molar-refractivity contribution is -0.0322. The number of halogens is 3. The average molecular weight is 286 g/mol. The van der Waals surface area contributed by atoms with E-state index in [2.05, 4.69) is 0 Å². The van der Waals surface area contributed by atoms with E-state index in [1.54, 1.807) is 13.0 Å². The zero-order valence-electron chi connectivity index (χ0n) is 10.1. The van der Waals surface area contributed by atoms with Crippen molar-refractivity contribution in [3.05, 3.63) is 45.4 Å². The Morgan fingerprint density at radius 3 is 2.21 bits per heavy atom. The molecule has 1 aliphatic carbocycles. The third-order valence-corrected chi connectivity index (χ3v) is 3.70. The molecule has 0 radical (unpaired) electrons. The van der Waals surface area contributed by atoms with Crippen LogP contribution in [0, 0.1) is 6.92 Å². The number of aryl methyl sites for hydroxylation is 1. The molecule has 2 rings (SSSR count). The fourth-order valence-electron chi connectivity index (χ4n) is 1.88. The predicted octanol–water partition coefficient (Wildman–Crippen LogP) is 3.90. The number of benzene rings is 1. The summed E-state index contributed by atoms with van der Waals surface area (Å²) in [6.45, 7) is 2.96. The summed E-state index contributed by atoms with van der Waals surface area (Å²) in [5, 5.41) is 0. The Morgan fingerprint density at radius 2 is 1.63 bits per heavy atom. The van der Waals surface area contributed by atoms with Gasteiger partial charge in [-0.3, -0.25) is 9.59 Å². The molecule has 0 amide bonds. The number of rotatable bonds is 1. The van der Waals surface area contributed by atoms with Gasteiger partial charge in [0.2, 0.25) is 5.78 Å². The maximum absolute atomic E-state index is 12.4. The van der Waals surface area contributed by atoms with Crippen LogP contribution >= 0.6 is 11.8 Å². The van der Waals surface area contributed by atoms with Crippen LogP contribution < -0.4 is 0 Å². The highest BCUT2D eigenvalue weighted by Crippen LogP contribution is 2.42. The zero-order valence-corrected chi connectivity index (χ0v) is 10.9. The average Bonchev–Trinajstić information content (AvgIpc) is 2.30. The summed E-state index contributed by atoms with van der Waals surface area (Å²) in [5.41, 5.74) is -3.81. The smallest absolute Gasteiger partial charge is 0.289 e. The first kappa shape index (κ1) is 13.9. The van der Waals surface area contributed by atoms with Crippen molar-refractivity contribution in [1.82, 2.24) is 0 Å². The Bertz CT molecular complexity index is 615. The molecule has 1 aliphatic rings. The monoisotopic (exact) mass is 286 g/mol. The summed E-state index contributed by atoms with van der Waals surface area (Å²) in [6.07, 6.45) is 0. The Morgan fingerprint density at radius 1 is 1.00 bits per heavy atom. The van der Waals surface area contributed by atoms with E-state index >= 15 is 0 Å². The highest BCUT2D eigenvalue weighted by Gasteiger charge is 2.38. The minimum atomic E-state index is -4.59. The van der Waals surface area contributed by atoms with Gasteiger partial charge >= 0.3 is 5.51 Å². The molecule has 6 heteroatoms. The van der Waals surface area contributed by atoms with Crippen molar-refractivity contribution in [2.45, 2.75) is 19.4 Å². The molecule has 0 atom stereocenters. The normalized spacial score (nSPS) is 15.8. The summed E-state index contributed by atoms with van der Waals surface area (Å²) >= 11 is -0.524. The van der Waals surface area contributed by atoms with Crippen molar-refractivity contribution in [2.75, 3.05) is 0 Å². The Kier molecular flexibility index (Phi) is 3.30. The molecule has 0 aliphatic heterocycles. The fourth-order valence-corrected chi connectivity index (χ4v) is 2.56. The van der Waals surface area contributed by atoms with Gasteiger partial charge in [-0.25, -0.2) is 0 Å². The van der Waals surface area contributed by atoms with Crippen LogP contribution in [0.2, 0.25) is 0 Å². The summed E-state index contributed by atoms with van der Waals surface area (Å²) < 4.78 is 37.3. The highest BCUT2D eigenvalue weighted by atomic mass is 32.2. The standard InChI is InChI=1S/C13H9F3O2S/c1-6-3-4-8-9(5-6)11(18)12(7(2)10(8)17)19-13(14,15)16/h3-5H,1-2H3. The van der Waals surface area contributed by atoms with Gasteiger partial charge in [-0.2, -0.15) is 13.2 Å². The van der Waals surface area contributed by atoms with Crippen molar-refractivity contribution in [1.29, 1.82) is 0 Å². The third-order valence-electron chi connectivity index (χ3n) is 2.77. The van der Waals surface area contributed by atoms with Crippen LogP contribution in [0.5, 0.6) is 0 Å². The van der Waals surface area contributed by atoms with Crippen LogP contribution in [0.4, 0.5) is 13.2 Å². The number of hydrogen-bond acceptors (Lipinski definition) is 3. The van der Waals surface area contributed by atoms with Crippen LogP contribution in [0.15, 0.2) is 28.7 Å². The summed E-state index contributed by atoms with van der Waals surface area (Å²) in [4.78, 5) is 23.5. The summed E-state index contributed by atoms with van der Waals surface area (Å²) in [7, 11) is 0. The van der Waals surface area contributed by atoms with E-state index in [1.807, 2.05) is 0 Å². The van der Waals surface area contributed by atoms with E-state index in [0.29, 0.717) is 0 Å². The molecule has 19 heavy (non-hydrogen) atoms. The van der Waals surface area contributed by atoms with Crippen molar-refractivity contribution < 1.29 is 22.8 Å². The van der Waals surface area contributed by atoms with E-state index in [9.17, 15) is 22.8 Å². The molecule has 0 saturated heterocycles. The van der Waals surface area contributed by atoms with Crippen molar-refractivity contribution in [3.8, 4) is 0 Å². The second-order valence-corrected chi connectivity index (χ2v) is 5.28. The van der Waals surface area contributed by atoms with Gasteiger partial charge in [-0.1, -0.05) is 17.7 Å². The van der Waals surface area contributed by atoms with Gasteiger partial charge < -0.3 is 0 Å². The molecular formula is C13H9F3O2S. The van der Waals surface area contributed by atoms with Crippen LogP contribution in [-0.4, -0.2) is 17.1 Å². The second kappa shape index (κ2) is 4.52. The van der Waals surface area contributed by atoms with Gasteiger partial charge in [0, 0.05) is 16.7 Å². The third kappa shape index (κ3) is 2.58. The number of alkyl halides is 3. The lowest BCUT2D eigenvalue weighted by Gasteiger charge is -2.19. The molecule has 0 heterocycles. The molecular weight excluding hydrogens is 277 g/mol. The topological polar surface area (TPSA) is 34.1 Å². The maximum atomic E-state index is 12.4. The molecule has 1 aromatic rings. The summed E-state index contributed by atoms with van der Waals surface area (Å²) in [5.74, 6) is -1.26. The van der Waals surface area contributed by atoms with Crippen molar-refractivity contribution >= 4 is 23.3 Å². The first-order chi connectivity index (χ1) is 8.70. The Hall–Kier alpha value is -1.56. The van der Waals surface area contributed by atoms with Crippen LogP contribution in [0.3, 0.4) is 0 Å². The minimum Gasteiger partial charge on any atom is -0.289 e. The van der Waals surface area contributed by atoms with E-state index in [-0.39, 0.29) is 16.7 Å². The number of carbonyl (C=O) groups is 2. The largest absolute Gasteiger partial charge is 0.446 e. The van der Waals surface area contributed by atoms with E-state index in [0.717, 1.165) is 5.56 Å². The summed E-state index contributed by atoms with van der Waals surface area (Å²) in [6, 6.07) is 4.57. The SMILES string of the molecule is CC1=C(SC(F)(F)F)C(=O)c2cc(C)ccc2C1=O. The Labute approximate surface area is 111 Å². The molecule has 0 aromatic heterocycles. The van der Waals surface area contributed by atoms with E-state index in [1.165, 1.54) is 19.1 Å². The molecule has 100 valence electrons. The number of hydrogen-bond donors (Lipinski definition) is 0. The predicted molar refractivity (Wildman–Crippen MR) is 66.2 cm³/mol. The maximum Gasteiger partial charge on any atom is 0.446 e. The highest BCUT2D eigenvalue weighted by molar-refractivity contribution is 8.04. The fraction of sp³-hybridized carbons (Fsp3) is 0.231. The zero-order chi connectivity index (χ0) is 14.4. The first-order valence-electron chi connectivity index (χ1n) is 5.37.